The highest BCUT2D eigenvalue weighted by atomic mass is 35.5. The molecule has 5 amide bonds. The number of allylic oxidation sites excluding steroid dienone is 2. The molecule has 16 nitrogen and oxygen atoms in total. The second-order valence-electron chi connectivity index (χ2n) is 22.7. The smallest absolute Gasteiger partial charge is 0.411 e. The fourth-order valence-electron chi connectivity index (χ4n) is 11.9. The lowest BCUT2D eigenvalue weighted by Crippen LogP contribution is -2.49. The van der Waals surface area contributed by atoms with Crippen molar-refractivity contribution in [1.82, 2.24) is 29.4 Å². The van der Waals surface area contributed by atoms with Gasteiger partial charge in [-0.1, -0.05) is 110 Å². The summed E-state index contributed by atoms with van der Waals surface area (Å²) in [6.45, 7) is 17.6. The van der Waals surface area contributed by atoms with Crippen LogP contribution in [-0.2, 0) is 40.4 Å². The lowest BCUT2D eigenvalue weighted by atomic mass is 9.72. The normalized spacial score (nSPS) is 18.1. The minimum atomic E-state index is -0.442. The number of para-hydroxylation sites is 1. The van der Waals surface area contributed by atoms with E-state index in [-0.39, 0.29) is 65.7 Å². The van der Waals surface area contributed by atoms with E-state index in [1.54, 1.807) is 21.7 Å². The van der Waals surface area contributed by atoms with Crippen LogP contribution in [0.5, 0.6) is 0 Å². The summed E-state index contributed by atoms with van der Waals surface area (Å²) < 4.78 is 18.4. The molecule has 3 aliphatic heterocycles. The van der Waals surface area contributed by atoms with Crippen molar-refractivity contribution in [2.45, 2.75) is 101 Å². The van der Waals surface area contributed by atoms with Crippen LogP contribution in [0.2, 0.25) is 0 Å². The number of likely N-dealkylation sites (tertiary alicyclic amines) is 2. The molecule has 1 aliphatic carbocycles. The molecule has 3 saturated heterocycles. The van der Waals surface area contributed by atoms with Crippen LogP contribution in [0.25, 0.3) is 11.1 Å². The molecule has 446 valence electrons. The van der Waals surface area contributed by atoms with Crippen LogP contribution < -0.4 is 10.6 Å². The molecule has 0 bridgehead atoms. The van der Waals surface area contributed by atoms with Crippen molar-refractivity contribution in [3.8, 4) is 11.1 Å². The van der Waals surface area contributed by atoms with Crippen molar-refractivity contribution in [1.29, 1.82) is 0 Å². The Morgan fingerprint density at radius 3 is 2.29 bits per heavy atom. The minimum absolute atomic E-state index is 0.00166. The van der Waals surface area contributed by atoms with Gasteiger partial charge in [-0.15, -0.1) is 11.3 Å². The number of benzene rings is 3. The molecule has 0 saturated carbocycles. The number of carbonyl (C=O) groups is 5. The van der Waals surface area contributed by atoms with Gasteiger partial charge < -0.3 is 48.9 Å². The summed E-state index contributed by atoms with van der Waals surface area (Å²) in [7, 11) is 5.50. The number of hydrogen-bond donors (Lipinski definition) is 2. The van der Waals surface area contributed by atoms with Gasteiger partial charge in [-0.05, 0) is 118 Å². The largest absolute Gasteiger partial charge is 0.446 e. The van der Waals surface area contributed by atoms with Crippen molar-refractivity contribution >= 4 is 63.3 Å². The molecule has 3 aromatic carbocycles. The lowest BCUT2D eigenvalue weighted by Gasteiger charge is -2.43. The van der Waals surface area contributed by atoms with Crippen LogP contribution in [0.15, 0.2) is 121 Å². The number of thiophene rings is 1. The molecule has 4 heterocycles. The van der Waals surface area contributed by atoms with E-state index in [4.69, 9.17) is 25.8 Å². The third-order valence-electron chi connectivity index (χ3n) is 16.9. The highest BCUT2D eigenvalue weighted by molar-refractivity contribution is 7.18. The Hall–Kier alpha value is -6.34. The molecule has 4 aliphatic rings. The van der Waals surface area contributed by atoms with E-state index in [0.29, 0.717) is 49.5 Å². The van der Waals surface area contributed by atoms with Crippen LogP contribution in [0.4, 0.5) is 15.5 Å². The van der Waals surface area contributed by atoms with Gasteiger partial charge in [0.25, 0.3) is 11.8 Å². The summed E-state index contributed by atoms with van der Waals surface area (Å²) in [6.07, 6.45) is 11.0. The first kappa shape index (κ1) is 62.7. The van der Waals surface area contributed by atoms with Crippen LogP contribution in [0.1, 0.15) is 90.6 Å². The van der Waals surface area contributed by atoms with Gasteiger partial charge in [-0.2, -0.15) is 0 Å². The molecule has 1 unspecified atom stereocenters. The number of carbonyl (C=O) groups excluding carboxylic acids is 5. The number of ether oxygens (including phenoxy) is 3. The average molecular weight is 1170 g/mol. The van der Waals surface area contributed by atoms with Crippen molar-refractivity contribution in [3.05, 3.63) is 142 Å². The Balaban J connectivity index is 0.668. The molecule has 2 atom stereocenters. The summed E-state index contributed by atoms with van der Waals surface area (Å²) in [5.74, 6) is -0.127. The molecule has 0 radical (unpaired) electrons. The molecule has 3 fully saturated rings. The third-order valence-corrected chi connectivity index (χ3v) is 18.2. The van der Waals surface area contributed by atoms with Crippen molar-refractivity contribution in [3.63, 3.8) is 0 Å². The van der Waals surface area contributed by atoms with E-state index in [9.17, 15) is 24.0 Å². The van der Waals surface area contributed by atoms with Crippen LogP contribution >= 0.6 is 22.9 Å². The van der Waals surface area contributed by atoms with Gasteiger partial charge in [0.05, 0.1) is 27.8 Å². The van der Waals surface area contributed by atoms with E-state index < -0.39 is 6.09 Å². The summed E-state index contributed by atoms with van der Waals surface area (Å²) in [5.41, 5.74) is 6.48. The Kier molecular flexibility index (Phi) is 23.0. The average Bonchev–Trinajstić information content (AvgIpc) is 4.41. The number of likely N-dealkylation sites (N-methyl/N-ethyl adjacent to an activating group) is 2. The number of amides is 5. The maximum absolute atomic E-state index is 13.6. The molecular formula is C65H85ClN8O8S. The molecule has 1 spiro atoms. The highest BCUT2D eigenvalue weighted by Gasteiger charge is 2.49. The summed E-state index contributed by atoms with van der Waals surface area (Å²) in [5, 5.41) is 7.66. The molecule has 83 heavy (non-hydrogen) atoms. The number of fused-ring (bicyclic) bond motifs is 2. The molecular weight excluding hydrogens is 1090 g/mol. The van der Waals surface area contributed by atoms with Gasteiger partial charge >= 0.3 is 6.09 Å². The zero-order chi connectivity index (χ0) is 58.9. The first-order valence-electron chi connectivity index (χ1n) is 29.5. The number of piperidine rings is 2. The fourth-order valence-corrected chi connectivity index (χ4v) is 13.1. The van der Waals surface area contributed by atoms with E-state index in [1.165, 1.54) is 34.6 Å². The molecule has 8 rings (SSSR count). The van der Waals surface area contributed by atoms with Gasteiger partial charge in [0.15, 0.2) is 0 Å². The number of nitrogens with one attached hydrogen (secondary N) is 2. The SMILES string of the molecule is C=C/C(=C\C(=C)Cl)C(=O)N1COC(CCN2CCC3(CC2)c2ccccc2C[C@@H]3OCC(=O)N(C)CCCN(C)C(=O)c2sc(NCCCCCC(=O)N(C)CCN3CCC(OC(=O)Nc4ccccc4-c4ccccc4)CC3)cc2C)C1. The van der Waals surface area contributed by atoms with Gasteiger partial charge in [0.2, 0.25) is 11.8 Å². The molecule has 2 N–H and O–H groups in total. The number of nitrogens with zero attached hydrogens (tertiary/aromatic N) is 6. The Morgan fingerprint density at radius 2 is 1.53 bits per heavy atom. The Bertz CT molecular complexity index is 2900. The van der Waals surface area contributed by atoms with Crippen molar-refractivity contribution in [2.24, 2.45) is 0 Å². The first-order valence-corrected chi connectivity index (χ1v) is 30.7. The van der Waals surface area contributed by atoms with Crippen LogP contribution in [-0.4, -0.2) is 184 Å². The highest BCUT2D eigenvalue weighted by Crippen LogP contribution is 2.48. The predicted octanol–water partition coefficient (Wildman–Crippen LogP) is 10.2. The van der Waals surface area contributed by atoms with Crippen molar-refractivity contribution in [2.75, 3.05) is 117 Å². The summed E-state index contributed by atoms with van der Waals surface area (Å²) in [6, 6.07) is 28.3. The molecule has 18 heteroatoms. The first-order chi connectivity index (χ1) is 40.1. The number of rotatable bonds is 27. The molecule has 1 aromatic heterocycles. The topological polar surface area (TPSA) is 157 Å². The minimum Gasteiger partial charge on any atom is -0.446 e. The fraction of sp³-hybridized carbons (Fsp3) is 0.492. The zero-order valence-electron chi connectivity index (χ0n) is 49.1. The summed E-state index contributed by atoms with van der Waals surface area (Å²) >= 11 is 7.39. The maximum atomic E-state index is 13.6. The van der Waals surface area contributed by atoms with Crippen LogP contribution in [0.3, 0.4) is 0 Å². The Labute approximate surface area is 500 Å². The lowest BCUT2D eigenvalue weighted by molar-refractivity contribution is -0.139. The number of hydrogen-bond acceptors (Lipinski definition) is 12. The number of unbranched alkanes of at least 4 members (excludes halogenated alkanes) is 2. The zero-order valence-corrected chi connectivity index (χ0v) is 50.7. The van der Waals surface area contributed by atoms with E-state index in [0.717, 1.165) is 131 Å². The monoisotopic (exact) mass is 1170 g/mol. The summed E-state index contributed by atoms with van der Waals surface area (Å²) in [4.78, 5) is 78.5. The van der Waals surface area contributed by atoms with E-state index >= 15 is 0 Å². The van der Waals surface area contributed by atoms with Gasteiger partial charge in [0, 0.05) is 108 Å². The predicted molar refractivity (Wildman–Crippen MR) is 331 cm³/mol. The van der Waals surface area contributed by atoms with Gasteiger partial charge in [-0.25, -0.2) is 4.79 Å². The second kappa shape index (κ2) is 30.5. The third kappa shape index (κ3) is 17.2. The maximum Gasteiger partial charge on any atom is 0.411 e. The Morgan fingerprint density at radius 1 is 0.831 bits per heavy atom. The standard InChI is InChI=1S/C65H85ClN8O8S/c1-7-49(42-48(3)66)62(77)74-44-53(81-46-74)28-36-73-37-29-65(30-38-73)55-23-15-13-21-51(55)43-57(65)80-45-60(76)69(4)32-18-33-71(6)63(78)61-47(2)41-58(83-61)67-31-17-9-12-25-59(75)70(5)39-40-72-34-26-52(27-35-72)82-64(79)68-56-24-16-14-22-54(56)50-19-10-8-11-20-50/h7-8,10-11,13-16,19-24,41-42,52-53,57,67H,1,3,9,12,17-18,25-40,43-46H2,2,4-6H3,(H,68,79)/b49-42+/t53?,57-/m0/s1. The quantitative estimate of drug-likeness (QED) is 0.0333. The van der Waals surface area contributed by atoms with Gasteiger partial charge in [0.1, 0.15) is 19.4 Å². The number of aryl methyl sites for hydroxylation is 1. The number of anilines is 2. The van der Waals surface area contributed by atoms with E-state index in [1.807, 2.05) is 86.6 Å². The van der Waals surface area contributed by atoms with Crippen molar-refractivity contribution < 1.29 is 38.2 Å². The molecule has 4 aromatic rings. The number of halogens is 1. The van der Waals surface area contributed by atoms with E-state index in [2.05, 4.69) is 57.9 Å². The van der Waals surface area contributed by atoms with Gasteiger partial charge in [-0.3, -0.25) is 24.5 Å². The van der Waals surface area contributed by atoms with Crippen LogP contribution in [0, 0.1) is 6.92 Å². The second-order valence-corrected chi connectivity index (χ2v) is 24.2.